The predicted octanol–water partition coefficient (Wildman–Crippen LogP) is 1.98. The summed E-state index contributed by atoms with van der Waals surface area (Å²) in [7, 11) is -1.53. The first-order valence-electron chi connectivity index (χ1n) is 7.50. The van der Waals surface area contributed by atoms with Crippen LogP contribution < -0.4 is 10.1 Å². The Morgan fingerprint density at radius 3 is 2.62 bits per heavy atom. The summed E-state index contributed by atoms with van der Waals surface area (Å²) in [6.07, 6.45) is 2.81. The molecule has 0 unspecified atom stereocenters. The maximum absolute atomic E-state index is 12.6. The van der Waals surface area contributed by atoms with Gasteiger partial charge < -0.3 is 10.1 Å². The first-order chi connectivity index (χ1) is 10.1. The Labute approximate surface area is 127 Å². The number of hydrogen-bond acceptors (Lipinski definition) is 4. The smallest absolute Gasteiger partial charge is 0.243 e. The number of benzene rings is 1. The lowest BCUT2D eigenvalue weighted by molar-refractivity contribution is 0.313. The Bertz CT molecular complexity index is 566. The average Bonchev–Trinajstić information content (AvgIpc) is 3.01. The summed E-state index contributed by atoms with van der Waals surface area (Å²) in [6, 6.07) is 5.15. The maximum atomic E-state index is 12.6. The van der Waals surface area contributed by atoms with Crippen LogP contribution in [0.2, 0.25) is 0 Å². The van der Waals surface area contributed by atoms with E-state index in [-0.39, 0.29) is 0 Å². The van der Waals surface area contributed by atoms with Crippen molar-refractivity contribution in [2.75, 3.05) is 26.7 Å². The molecule has 1 aromatic rings. The Morgan fingerprint density at radius 1 is 1.29 bits per heavy atom. The molecule has 0 aliphatic carbocycles. The molecule has 1 aliphatic heterocycles. The van der Waals surface area contributed by atoms with Crippen molar-refractivity contribution < 1.29 is 13.2 Å². The second-order valence-corrected chi connectivity index (χ2v) is 7.20. The maximum Gasteiger partial charge on any atom is 0.243 e. The molecule has 1 saturated heterocycles. The van der Waals surface area contributed by atoms with Crippen LogP contribution >= 0.6 is 0 Å². The lowest BCUT2D eigenvalue weighted by atomic mass is 10.2. The van der Waals surface area contributed by atoms with E-state index in [4.69, 9.17) is 4.74 Å². The Balaban J connectivity index is 2.30. The van der Waals surface area contributed by atoms with Gasteiger partial charge in [-0.3, -0.25) is 0 Å². The van der Waals surface area contributed by atoms with Crippen LogP contribution in [0.3, 0.4) is 0 Å². The van der Waals surface area contributed by atoms with Gasteiger partial charge in [0.2, 0.25) is 10.0 Å². The monoisotopic (exact) mass is 312 g/mol. The third kappa shape index (κ3) is 3.75. The van der Waals surface area contributed by atoms with Gasteiger partial charge in [0.25, 0.3) is 0 Å². The molecule has 0 atom stereocenters. The van der Waals surface area contributed by atoms with Crippen LogP contribution in [0.5, 0.6) is 5.75 Å². The van der Waals surface area contributed by atoms with Crippen molar-refractivity contribution in [3.05, 3.63) is 23.8 Å². The lowest BCUT2D eigenvalue weighted by Crippen LogP contribution is -2.28. The topological polar surface area (TPSA) is 58.6 Å². The number of nitrogens with zero attached hydrogens (tertiary/aromatic N) is 1. The van der Waals surface area contributed by atoms with E-state index in [1.165, 1.54) is 0 Å². The van der Waals surface area contributed by atoms with Crippen LogP contribution in [-0.2, 0) is 16.6 Å². The zero-order chi connectivity index (χ0) is 15.3. The summed E-state index contributed by atoms with van der Waals surface area (Å²) in [6.45, 7) is 4.51. The Kier molecular flexibility index (Phi) is 5.61. The van der Waals surface area contributed by atoms with Crippen LogP contribution in [0, 0.1) is 0 Å². The van der Waals surface area contributed by atoms with E-state index in [0.717, 1.165) is 30.6 Å². The summed E-state index contributed by atoms with van der Waals surface area (Å²) < 4.78 is 32.4. The van der Waals surface area contributed by atoms with E-state index < -0.39 is 10.0 Å². The van der Waals surface area contributed by atoms with Gasteiger partial charge in [-0.05, 0) is 44.5 Å². The molecule has 0 radical (unpaired) electrons. The summed E-state index contributed by atoms with van der Waals surface area (Å²) in [5, 5.41) is 3.06. The third-order valence-electron chi connectivity index (χ3n) is 3.56. The van der Waals surface area contributed by atoms with Gasteiger partial charge in [-0.15, -0.1) is 0 Å². The molecule has 2 rings (SSSR count). The minimum atomic E-state index is -3.37. The van der Waals surface area contributed by atoms with Crippen molar-refractivity contribution in [2.45, 2.75) is 37.6 Å². The Hall–Kier alpha value is -1.11. The van der Waals surface area contributed by atoms with Gasteiger partial charge in [0.05, 0.1) is 11.5 Å². The second kappa shape index (κ2) is 7.24. The van der Waals surface area contributed by atoms with Gasteiger partial charge in [0.15, 0.2) is 0 Å². The minimum Gasteiger partial charge on any atom is -0.493 e. The van der Waals surface area contributed by atoms with Gasteiger partial charge >= 0.3 is 0 Å². The molecule has 118 valence electrons. The molecule has 6 heteroatoms. The molecule has 0 bridgehead atoms. The molecular weight excluding hydrogens is 288 g/mol. The number of nitrogens with one attached hydrogen (secondary N) is 1. The number of hydrogen-bond donors (Lipinski definition) is 1. The van der Waals surface area contributed by atoms with Crippen LogP contribution in [0.25, 0.3) is 0 Å². The first kappa shape index (κ1) is 16.3. The summed E-state index contributed by atoms with van der Waals surface area (Å²) in [5.74, 6) is 0.756. The Morgan fingerprint density at radius 2 is 2.00 bits per heavy atom. The van der Waals surface area contributed by atoms with Crippen LogP contribution in [0.4, 0.5) is 0 Å². The van der Waals surface area contributed by atoms with E-state index in [2.05, 4.69) is 5.32 Å². The van der Waals surface area contributed by atoms with E-state index in [1.54, 1.807) is 22.5 Å². The van der Waals surface area contributed by atoms with E-state index >= 15 is 0 Å². The highest BCUT2D eigenvalue weighted by atomic mass is 32.2. The molecule has 0 saturated carbocycles. The van der Waals surface area contributed by atoms with Crippen LogP contribution in [0.1, 0.15) is 31.7 Å². The van der Waals surface area contributed by atoms with Crippen molar-refractivity contribution in [3.63, 3.8) is 0 Å². The third-order valence-corrected chi connectivity index (χ3v) is 5.46. The summed E-state index contributed by atoms with van der Waals surface area (Å²) in [4.78, 5) is 0.360. The molecule has 0 spiro atoms. The molecule has 1 N–H and O–H groups in total. The van der Waals surface area contributed by atoms with E-state index in [9.17, 15) is 8.42 Å². The summed E-state index contributed by atoms with van der Waals surface area (Å²) >= 11 is 0. The van der Waals surface area contributed by atoms with Gasteiger partial charge in [-0.2, -0.15) is 4.31 Å². The quantitative estimate of drug-likeness (QED) is 0.836. The van der Waals surface area contributed by atoms with Crippen molar-refractivity contribution in [2.24, 2.45) is 0 Å². The largest absolute Gasteiger partial charge is 0.493 e. The molecule has 1 fully saturated rings. The van der Waals surface area contributed by atoms with Gasteiger partial charge in [0.1, 0.15) is 5.75 Å². The fraction of sp³-hybridized carbons (Fsp3) is 0.600. The van der Waals surface area contributed by atoms with E-state index in [1.807, 2.05) is 14.0 Å². The number of ether oxygens (including phenoxy) is 1. The standard InChI is InChI=1S/C15H24N2O3S/c1-3-10-20-15-7-6-14(11-13(15)12-16-2)21(18,19)17-8-4-5-9-17/h6-7,11,16H,3-5,8-10,12H2,1-2H3. The lowest BCUT2D eigenvalue weighted by Gasteiger charge is -2.17. The number of sulfonamides is 1. The second-order valence-electron chi connectivity index (χ2n) is 5.26. The fourth-order valence-corrected chi connectivity index (χ4v) is 4.04. The summed E-state index contributed by atoms with van der Waals surface area (Å²) in [5.41, 5.74) is 0.881. The van der Waals surface area contributed by atoms with Crippen molar-refractivity contribution in [1.82, 2.24) is 9.62 Å². The molecule has 5 nitrogen and oxygen atoms in total. The van der Waals surface area contributed by atoms with Crippen LogP contribution in [0.15, 0.2) is 23.1 Å². The highest BCUT2D eigenvalue weighted by Crippen LogP contribution is 2.26. The first-order valence-corrected chi connectivity index (χ1v) is 8.94. The van der Waals surface area contributed by atoms with Crippen LogP contribution in [-0.4, -0.2) is 39.5 Å². The van der Waals surface area contributed by atoms with Gasteiger partial charge in [-0.25, -0.2) is 8.42 Å². The molecule has 21 heavy (non-hydrogen) atoms. The van der Waals surface area contributed by atoms with Crippen molar-refractivity contribution in [3.8, 4) is 5.75 Å². The molecule has 1 aliphatic rings. The highest BCUT2D eigenvalue weighted by Gasteiger charge is 2.27. The SMILES string of the molecule is CCCOc1ccc(S(=O)(=O)N2CCCC2)cc1CNC. The van der Waals surface area contributed by atoms with Crippen molar-refractivity contribution in [1.29, 1.82) is 0 Å². The van der Waals surface area contributed by atoms with E-state index in [0.29, 0.717) is 31.1 Å². The normalized spacial score (nSPS) is 16.3. The fourth-order valence-electron chi connectivity index (χ4n) is 2.48. The zero-order valence-corrected chi connectivity index (χ0v) is 13.6. The molecule has 1 heterocycles. The molecular formula is C15H24N2O3S. The number of rotatable bonds is 7. The highest BCUT2D eigenvalue weighted by molar-refractivity contribution is 7.89. The van der Waals surface area contributed by atoms with Gasteiger partial charge in [-0.1, -0.05) is 6.92 Å². The zero-order valence-electron chi connectivity index (χ0n) is 12.8. The minimum absolute atomic E-state index is 0.360. The predicted molar refractivity (Wildman–Crippen MR) is 83.0 cm³/mol. The molecule has 1 aromatic carbocycles. The van der Waals surface area contributed by atoms with Gasteiger partial charge in [0, 0.05) is 25.2 Å². The molecule has 0 amide bonds. The molecule has 0 aromatic heterocycles. The van der Waals surface area contributed by atoms with Crippen molar-refractivity contribution >= 4 is 10.0 Å². The average molecular weight is 312 g/mol.